The Morgan fingerprint density at radius 2 is 1.71 bits per heavy atom. The number of benzene rings is 2. The third-order valence-corrected chi connectivity index (χ3v) is 5.16. The Kier molecular flexibility index (Phi) is 4.07. The predicted molar refractivity (Wildman–Crippen MR) is 99.9 cm³/mol. The Hall–Kier alpha value is -2.20. The van der Waals surface area contributed by atoms with Gasteiger partial charge in [-0.15, -0.1) is 0 Å². The van der Waals surface area contributed by atoms with Crippen molar-refractivity contribution in [1.29, 1.82) is 0 Å². The molecule has 2 heterocycles. The number of fused-ring (bicyclic) bond motifs is 1. The van der Waals surface area contributed by atoms with E-state index >= 15 is 0 Å². The summed E-state index contributed by atoms with van der Waals surface area (Å²) in [7, 11) is 0. The van der Waals surface area contributed by atoms with Gasteiger partial charge >= 0.3 is 0 Å². The van der Waals surface area contributed by atoms with Crippen molar-refractivity contribution in [2.24, 2.45) is 0 Å². The van der Waals surface area contributed by atoms with Crippen molar-refractivity contribution in [3.8, 4) is 0 Å². The number of thiocarbonyl (C=S) groups is 1. The van der Waals surface area contributed by atoms with Crippen LogP contribution in [0.3, 0.4) is 0 Å². The third kappa shape index (κ3) is 2.82. The lowest BCUT2D eigenvalue weighted by molar-refractivity contribution is 0.530. The van der Waals surface area contributed by atoms with Gasteiger partial charge in [0, 0.05) is 42.3 Å². The molecule has 0 radical (unpaired) electrons. The van der Waals surface area contributed by atoms with E-state index in [1.807, 2.05) is 18.2 Å². The van der Waals surface area contributed by atoms with Crippen LogP contribution in [-0.4, -0.2) is 27.5 Å². The largest absolute Gasteiger partial charge is 0.362 e. The van der Waals surface area contributed by atoms with E-state index < -0.39 is 0 Å². The highest BCUT2D eigenvalue weighted by atomic mass is 32.1. The summed E-state index contributed by atoms with van der Waals surface area (Å²) in [6, 6.07) is 15.1. The summed E-state index contributed by atoms with van der Waals surface area (Å²) in [4.78, 5) is 3.25. The van der Waals surface area contributed by atoms with Crippen LogP contribution in [0.4, 0.5) is 4.39 Å². The van der Waals surface area contributed by atoms with Gasteiger partial charge in [-0.1, -0.05) is 42.5 Å². The van der Waals surface area contributed by atoms with Crippen LogP contribution in [0.15, 0.2) is 54.7 Å². The number of aromatic nitrogens is 1. The Labute approximate surface area is 146 Å². The zero-order valence-corrected chi connectivity index (χ0v) is 14.2. The predicted octanol–water partition coefficient (Wildman–Crippen LogP) is 4.60. The molecule has 0 N–H and O–H groups in total. The van der Waals surface area contributed by atoms with Crippen molar-refractivity contribution >= 4 is 28.1 Å². The maximum absolute atomic E-state index is 13.1. The third-order valence-electron chi connectivity index (χ3n) is 4.68. The fourth-order valence-corrected chi connectivity index (χ4v) is 3.77. The molecule has 4 rings (SSSR count). The molecule has 0 spiro atoms. The molecule has 1 aromatic heterocycles. The van der Waals surface area contributed by atoms with Gasteiger partial charge in [0.2, 0.25) is 0 Å². The van der Waals surface area contributed by atoms with Gasteiger partial charge < -0.3 is 9.47 Å². The van der Waals surface area contributed by atoms with Gasteiger partial charge in [0.05, 0.1) is 0 Å². The standard InChI is InChI=1S/C20H19FN2S/c21-16-9-7-15(8-10-16)13-23-14-18(17-5-1-2-6-19(17)23)20(24)22-11-3-4-12-22/h1-2,5-10,14H,3-4,11-13H2. The summed E-state index contributed by atoms with van der Waals surface area (Å²) in [5.74, 6) is -0.202. The van der Waals surface area contributed by atoms with Crippen LogP contribution < -0.4 is 0 Å². The van der Waals surface area contributed by atoms with Crippen LogP contribution in [0.1, 0.15) is 24.0 Å². The van der Waals surface area contributed by atoms with Gasteiger partial charge in [0.1, 0.15) is 10.8 Å². The van der Waals surface area contributed by atoms with Crippen LogP contribution in [0.5, 0.6) is 0 Å². The van der Waals surface area contributed by atoms with Gasteiger partial charge in [-0.3, -0.25) is 0 Å². The first-order valence-electron chi connectivity index (χ1n) is 8.34. The Balaban J connectivity index is 1.73. The quantitative estimate of drug-likeness (QED) is 0.645. The van der Waals surface area contributed by atoms with E-state index in [0.29, 0.717) is 6.54 Å². The van der Waals surface area contributed by atoms with Crippen LogP contribution in [0.25, 0.3) is 10.9 Å². The molecule has 122 valence electrons. The summed E-state index contributed by atoms with van der Waals surface area (Å²) < 4.78 is 15.3. The molecule has 0 atom stereocenters. The Bertz CT molecular complexity index is 876. The lowest BCUT2D eigenvalue weighted by Gasteiger charge is -2.17. The molecular weight excluding hydrogens is 319 g/mol. The molecule has 2 aromatic carbocycles. The maximum Gasteiger partial charge on any atom is 0.123 e. The number of likely N-dealkylation sites (tertiary alicyclic amines) is 1. The van der Waals surface area contributed by atoms with Gasteiger partial charge in [-0.05, 0) is 36.6 Å². The molecule has 0 unspecified atom stereocenters. The Morgan fingerprint density at radius 3 is 2.46 bits per heavy atom. The number of halogens is 1. The second-order valence-corrected chi connectivity index (χ2v) is 6.70. The van der Waals surface area contributed by atoms with Crippen molar-refractivity contribution in [3.63, 3.8) is 0 Å². The minimum atomic E-state index is -0.202. The molecule has 1 saturated heterocycles. The van der Waals surface area contributed by atoms with E-state index in [1.54, 1.807) is 0 Å². The maximum atomic E-state index is 13.1. The minimum Gasteiger partial charge on any atom is -0.362 e. The molecule has 24 heavy (non-hydrogen) atoms. The number of hydrogen-bond donors (Lipinski definition) is 0. The van der Waals surface area contributed by atoms with Gasteiger partial charge in [0.15, 0.2) is 0 Å². The Morgan fingerprint density at radius 1 is 1.00 bits per heavy atom. The highest BCUT2D eigenvalue weighted by Crippen LogP contribution is 2.25. The van der Waals surface area contributed by atoms with Gasteiger partial charge in [-0.2, -0.15) is 0 Å². The fraction of sp³-hybridized carbons (Fsp3) is 0.250. The summed E-state index contributed by atoms with van der Waals surface area (Å²) in [5, 5.41) is 1.19. The van der Waals surface area contributed by atoms with Crippen LogP contribution in [-0.2, 0) is 6.54 Å². The highest BCUT2D eigenvalue weighted by Gasteiger charge is 2.20. The van der Waals surface area contributed by atoms with E-state index in [4.69, 9.17) is 12.2 Å². The highest BCUT2D eigenvalue weighted by molar-refractivity contribution is 7.80. The normalized spacial score (nSPS) is 14.5. The smallest absolute Gasteiger partial charge is 0.123 e. The average Bonchev–Trinajstić information content (AvgIpc) is 3.25. The second kappa shape index (κ2) is 6.36. The zero-order chi connectivity index (χ0) is 16.5. The minimum absolute atomic E-state index is 0.202. The lowest BCUT2D eigenvalue weighted by atomic mass is 10.1. The van der Waals surface area contributed by atoms with E-state index in [0.717, 1.165) is 29.2 Å². The number of rotatable bonds is 3. The SMILES string of the molecule is Fc1ccc(Cn2cc(C(=S)N3CCCC3)c3ccccc32)cc1. The topological polar surface area (TPSA) is 8.17 Å². The zero-order valence-electron chi connectivity index (χ0n) is 13.4. The molecule has 4 heteroatoms. The molecule has 3 aromatic rings. The molecule has 1 aliphatic heterocycles. The average molecular weight is 338 g/mol. The molecule has 0 aliphatic carbocycles. The molecule has 0 bridgehead atoms. The lowest BCUT2D eigenvalue weighted by Crippen LogP contribution is -2.26. The van der Waals surface area contributed by atoms with Crippen LogP contribution >= 0.6 is 12.2 Å². The summed E-state index contributed by atoms with van der Waals surface area (Å²) in [6.45, 7) is 2.82. The molecule has 1 aliphatic rings. The van der Waals surface area contributed by atoms with E-state index in [9.17, 15) is 4.39 Å². The molecular formula is C20H19FN2S. The van der Waals surface area contributed by atoms with Gasteiger partial charge in [0.25, 0.3) is 0 Å². The second-order valence-electron chi connectivity index (χ2n) is 6.31. The first-order chi connectivity index (χ1) is 11.7. The van der Waals surface area contributed by atoms with Crippen molar-refractivity contribution in [1.82, 2.24) is 9.47 Å². The fourth-order valence-electron chi connectivity index (χ4n) is 3.43. The molecule has 0 amide bonds. The molecule has 2 nitrogen and oxygen atoms in total. The van der Waals surface area contributed by atoms with Crippen LogP contribution in [0.2, 0.25) is 0 Å². The first-order valence-corrected chi connectivity index (χ1v) is 8.75. The summed E-state index contributed by atoms with van der Waals surface area (Å²) in [6.07, 6.45) is 4.58. The summed E-state index contributed by atoms with van der Waals surface area (Å²) >= 11 is 5.77. The van der Waals surface area contributed by atoms with E-state index in [-0.39, 0.29) is 5.82 Å². The summed E-state index contributed by atoms with van der Waals surface area (Å²) in [5.41, 5.74) is 3.37. The molecule has 0 saturated carbocycles. The van der Waals surface area contributed by atoms with E-state index in [2.05, 4.69) is 33.9 Å². The number of para-hydroxylation sites is 1. The first kappa shape index (κ1) is 15.3. The van der Waals surface area contributed by atoms with Crippen LogP contribution in [0, 0.1) is 5.82 Å². The number of hydrogen-bond acceptors (Lipinski definition) is 1. The van der Waals surface area contributed by atoms with Crippen molar-refractivity contribution in [3.05, 3.63) is 71.7 Å². The van der Waals surface area contributed by atoms with Crippen molar-refractivity contribution in [2.45, 2.75) is 19.4 Å². The monoisotopic (exact) mass is 338 g/mol. The van der Waals surface area contributed by atoms with Crippen molar-refractivity contribution < 1.29 is 4.39 Å². The van der Waals surface area contributed by atoms with Gasteiger partial charge in [-0.25, -0.2) is 4.39 Å². The number of nitrogens with zero attached hydrogens (tertiary/aromatic N) is 2. The van der Waals surface area contributed by atoms with Crippen molar-refractivity contribution in [2.75, 3.05) is 13.1 Å². The molecule has 1 fully saturated rings. The van der Waals surface area contributed by atoms with E-state index in [1.165, 1.54) is 35.9 Å².